The van der Waals surface area contributed by atoms with E-state index in [1.807, 2.05) is 49.5 Å². The third-order valence-electron chi connectivity index (χ3n) is 2.87. The molecule has 0 fully saturated rings. The lowest BCUT2D eigenvalue weighted by Crippen LogP contribution is -1.98. The van der Waals surface area contributed by atoms with E-state index in [1.54, 1.807) is 0 Å². The fourth-order valence-corrected chi connectivity index (χ4v) is 2.35. The predicted octanol–water partition coefficient (Wildman–Crippen LogP) is 4.08. The van der Waals surface area contributed by atoms with Crippen molar-refractivity contribution in [2.45, 2.75) is 0 Å². The van der Waals surface area contributed by atoms with Gasteiger partial charge < -0.3 is 9.88 Å². The molecule has 1 heterocycles. The summed E-state index contributed by atoms with van der Waals surface area (Å²) in [4.78, 5) is 4.57. The molecule has 0 spiro atoms. The van der Waals surface area contributed by atoms with Crippen molar-refractivity contribution in [2.24, 2.45) is 7.05 Å². The molecule has 3 nitrogen and oxygen atoms in total. The van der Waals surface area contributed by atoms with Crippen LogP contribution in [0.3, 0.4) is 0 Å². The van der Waals surface area contributed by atoms with Gasteiger partial charge in [-0.2, -0.15) is 0 Å². The second-order valence-corrected chi connectivity index (χ2v) is 5.03. The second kappa shape index (κ2) is 4.46. The van der Waals surface area contributed by atoms with Crippen LogP contribution in [-0.2, 0) is 7.05 Å². The quantitative estimate of drug-likeness (QED) is 0.773. The molecule has 0 amide bonds. The van der Waals surface area contributed by atoms with Gasteiger partial charge in [-0.25, -0.2) is 4.98 Å². The van der Waals surface area contributed by atoms with Gasteiger partial charge in [0.25, 0.3) is 0 Å². The van der Waals surface area contributed by atoms with Gasteiger partial charge in [0.2, 0.25) is 5.95 Å². The molecule has 1 aromatic heterocycles. The number of halogens is 1. The van der Waals surface area contributed by atoms with Crippen LogP contribution in [0.2, 0.25) is 0 Å². The summed E-state index contributed by atoms with van der Waals surface area (Å²) in [6, 6.07) is 16.1. The van der Waals surface area contributed by atoms with E-state index in [0.717, 1.165) is 27.1 Å². The van der Waals surface area contributed by atoms with Crippen LogP contribution in [0.1, 0.15) is 0 Å². The molecule has 18 heavy (non-hydrogen) atoms. The number of hydrogen-bond donors (Lipinski definition) is 1. The highest BCUT2D eigenvalue weighted by Crippen LogP contribution is 2.23. The Hall–Kier alpha value is -1.81. The zero-order valence-electron chi connectivity index (χ0n) is 9.89. The highest BCUT2D eigenvalue weighted by Gasteiger charge is 2.06. The van der Waals surface area contributed by atoms with E-state index in [1.165, 1.54) is 0 Å². The maximum Gasteiger partial charge on any atom is 0.208 e. The summed E-state index contributed by atoms with van der Waals surface area (Å²) in [5.41, 5.74) is 3.13. The molecule has 0 saturated heterocycles. The minimum atomic E-state index is 0.842. The molecule has 0 unspecified atom stereocenters. The number of hydrogen-bond acceptors (Lipinski definition) is 2. The van der Waals surface area contributed by atoms with Crippen LogP contribution in [-0.4, -0.2) is 9.55 Å². The summed E-state index contributed by atoms with van der Waals surface area (Å²) in [5, 5.41) is 3.32. The lowest BCUT2D eigenvalue weighted by Gasteiger charge is -2.06. The van der Waals surface area contributed by atoms with E-state index in [9.17, 15) is 0 Å². The number of nitrogens with one attached hydrogen (secondary N) is 1. The van der Waals surface area contributed by atoms with Crippen molar-refractivity contribution in [1.29, 1.82) is 0 Å². The normalized spacial score (nSPS) is 10.8. The van der Waals surface area contributed by atoms with E-state index < -0.39 is 0 Å². The van der Waals surface area contributed by atoms with Crippen LogP contribution in [0, 0.1) is 0 Å². The molecule has 0 atom stereocenters. The van der Waals surface area contributed by atoms with Crippen LogP contribution in [0.15, 0.2) is 53.0 Å². The minimum Gasteiger partial charge on any atom is -0.326 e. The molecule has 0 radical (unpaired) electrons. The standard InChI is InChI=1S/C14H12BrN3/c1-18-13-8-3-2-7-12(13)17-14(18)16-11-6-4-5-10(15)9-11/h2-9H,1H3,(H,16,17). The molecule has 0 aliphatic heterocycles. The molecule has 0 bridgehead atoms. The van der Waals surface area contributed by atoms with Crippen molar-refractivity contribution in [3.63, 3.8) is 0 Å². The van der Waals surface area contributed by atoms with E-state index in [-0.39, 0.29) is 0 Å². The Balaban J connectivity index is 2.02. The van der Waals surface area contributed by atoms with Gasteiger partial charge in [-0.15, -0.1) is 0 Å². The fraction of sp³-hybridized carbons (Fsp3) is 0.0714. The van der Waals surface area contributed by atoms with Crippen molar-refractivity contribution in [3.8, 4) is 0 Å². The summed E-state index contributed by atoms with van der Waals surface area (Å²) >= 11 is 3.46. The third kappa shape index (κ3) is 1.99. The lowest BCUT2D eigenvalue weighted by atomic mass is 10.3. The summed E-state index contributed by atoms with van der Waals surface area (Å²) < 4.78 is 3.10. The van der Waals surface area contributed by atoms with Crippen LogP contribution in [0.4, 0.5) is 11.6 Å². The van der Waals surface area contributed by atoms with E-state index in [4.69, 9.17) is 0 Å². The smallest absolute Gasteiger partial charge is 0.208 e. The van der Waals surface area contributed by atoms with E-state index in [0.29, 0.717) is 0 Å². The first-order valence-electron chi connectivity index (χ1n) is 5.68. The molecule has 4 heteroatoms. The first kappa shape index (κ1) is 11.3. The average molecular weight is 302 g/mol. The number of imidazole rings is 1. The number of benzene rings is 2. The van der Waals surface area contributed by atoms with Crippen LogP contribution >= 0.6 is 15.9 Å². The third-order valence-corrected chi connectivity index (χ3v) is 3.36. The Bertz CT molecular complexity index is 703. The Labute approximate surface area is 114 Å². The van der Waals surface area contributed by atoms with Crippen molar-refractivity contribution < 1.29 is 0 Å². The molecule has 90 valence electrons. The second-order valence-electron chi connectivity index (χ2n) is 4.12. The number of aromatic nitrogens is 2. The number of para-hydroxylation sites is 2. The molecule has 1 N–H and O–H groups in total. The van der Waals surface area contributed by atoms with Crippen molar-refractivity contribution in [2.75, 3.05) is 5.32 Å². The van der Waals surface area contributed by atoms with Gasteiger partial charge in [0.1, 0.15) is 0 Å². The first-order chi connectivity index (χ1) is 8.74. The molecule has 2 aromatic carbocycles. The SMILES string of the molecule is Cn1c(Nc2cccc(Br)c2)nc2ccccc21. The maximum absolute atomic E-state index is 4.57. The minimum absolute atomic E-state index is 0.842. The molecule has 3 rings (SSSR count). The van der Waals surface area contributed by atoms with Gasteiger partial charge in [-0.1, -0.05) is 34.1 Å². The monoisotopic (exact) mass is 301 g/mol. The van der Waals surface area contributed by atoms with Gasteiger partial charge in [0, 0.05) is 17.2 Å². The molecular weight excluding hydrogens is 290 g/mol. The predicted molar refractivity (Wildman–Crippen MR) is 78.1 cm³/mol. The summed E-state index contributed by atoms with van der Waals surface area (Å²) in [7, 11) is 2.01. The van der Waals surface area contributed by atoms with Crippen molar-refractivity contribution in [3.05, 3.63) is 53.0 Å². The highest BCUT2D eigenvalue weighted by molar-refractivity contribution is 9.10. The van der Waals surface area contributed by atoms with Crippen LogP contribution < -0.4 is 5.32 Å². The zero-order valence-corrected chi connectivity index (χ0v) is 11.5. The first-order valence-corrected chi connectivity index (χ1v) is 6.47. The number of rotatable bonds is 2. The van der Waals surface area contributed by atoms with E-state index in [2.05, 4.69) is 36.9 Å². The maximum atomic E-state index is 4.57. The highest BCUT2D eigenvalue weighted by atomic mass is 79.9. The summed E-state index contributed by atoms with van der Waals surface area (Å²) in [6.45, 7) is 0. The van der Waals surface area contributed by atoms with E-state index >= 15 is 0 Å². The Morgan fingerprint density at radius 1 is 1.11 bits per heavy atom. The number of anilines is 2. The summed E-state index contributed by atoms with van der Waals surface area (Å²) in [6.07, 6.45) is 0. The van der Waals surface area contributed by atoms with Gasteiger partial charge in [0.05, 0.1) is 11.0 Å². The van der Waals surface area contributed by atoms with Gasteiger partial charge in [-0.05, 0) is 30.3 Å². The number of aryl methyl sites for hydroxylation is 1. The summed E-state index contributed by atoms with van der Waals surface area (Å²) in [5.74, 6) is 0.842. The molecule has 3 aromatic rings. The lowest BCUT2D eigenvalue weighted by molar-refractivity contribution is 0.958. The van der Waals surface area contributed by atoms with Gasteiger partial charge >= 0.3 is 0 Å². The molecular formula is C14H12BrN3. The van der Waals surface area contributed by atoms with Crippen molar-refractivity contribution >= 4 is 38.6 Å². The average Bonchev–Trinajstić information content (AvgIpc) is 2.67. The van der Waals surface area contributed by atoms with Gasteiger partial charge in [-0.3, -0.25) is 0 Å². The Kier molecular flexibility index (Phi) is 2.80. The molecule has 0 saturated carbocycles. The van der Waals surface area contributed by atoms with Gasteiger partial charge in [0.15, 0.2) is 0 Å². The molecule has 0 aliphatic carbocycles. The van der Waals surface area contributed by atoms with Crippen molar-refractivity contribution in [1.82, 2.24) is 9.55 Å². The van der Waals surface area contributed by atoms with Crippen LogP contribution in [0.25, 0.3) is 11.0 Å². The van der Waals surface area contributed by atoms with Crippen LogP contribution in [0.5, 0.6) is 0 Å². The topological polar surface area (TPSA) is 29.9 Å². The number of fused-ring (bicyclic) bond motifs is 1. The Morgan fingerprint density at radius 3 is 2.72 bits per heavy atom. The largest absolute Gasteiger partial charge is 0.326 e. The zero-order chi connectivity index (χ0) is 12.5. The number of nitrogens with zero attached hydrogens (tertiary/aromatic N) is 2. The Morgan fingerprint density at radius 2 is 1.94 bits per heavy atom. The fourth-order valence-electron chi connectivity index (χ4n) is 1.95. The molecule has 0 aliphatic rings.